The van der Waals surface area contributed by atoms with Gasteiger partial charge >= 0.3 is 5.92 Å². The van der Waals surface area contributed by atoms with Gasteiger partial charge in [0.1, 0.15) is 29.1 Å². The predicted octanol–water partition coefficient (Wildman–Crippen LogP) is 4.93. The number of hydrogen-bond donors (Lipinski definition) is 1. The van der Waals surface area contributed by atoms with Crippen LogP contribution in [0.4, 0.5) is 22.0 Å². The number of rotatable bonds is 2. The highest BCUT2D eigenvalue weighted by atomic mass is 19.3. The topological polar surface area (TPSA) is 53.2 Å². The highest BCUT2D eigenvalue weighted by Crippen LogP contribution is 2.67. The molecule has 2 aromatic rings. The molecule has 0 bridgehead atoms. The van der Waals surface area contributed by atoms with Gasteiger partial charge in [0, 0.05) is 29.2 Å². The van der Waals surface area contributed by atoms with E-state index in [0.717, 1.165) is 24.3 Å². The van der Waals surface area contributed by atoms with E-state index < -0.39 is 46.7 Å². The van der Waals surface area contributed by atoms with Crippen molar-refractivity contribution in [3.8, 4) is 17.6 Å². The Morgan fingerprint density at radius 1 is 1.22 bits per heavy atom. The molecule has 0 fully saturated rings. The Morgan fingerprint density at radius 2 is 1.93 bits per heavy atom. The molecule has 0 aliphatic heterocycles. The average Bonchev–Trinajstić information content (AvgIpc) is 2.92. The fraction of sp³-hybridized carbons (Fsp3) is 0.316. The average molecular weight is 381 g/mol. The normalized spacial score (nSPS) is 30.1. The van der Waals surface area contributed by atoms with Gasteiger partial charge in [0.15, 0.2) is 0 Å². The smallest absolute Gasteiger partial charge is 0.309 e. The van der Waals surface area contributed by atoms with E-state index in [1.807, 2.05) is 0 Å². The summed E-state index contributed by atoms with van der Waals surface area (Å²) in [4.78, 5) is 0. The summed E-state index contributed by atoms with van der Waals surface area (Å²) in [5.41, 5.74) is -7.88. The van der Waals surface area contributed by atoms with E-state index >= 15 is 0 Å². The number of ether oxygens (including phenoxy) is 1. The summed E-state index contributed by atoms with van der Waals surface area (Å²) >= 11 is 0. The van der Waals surface area contributed by atoms with Crippen molar-refractivity contribution < 1.29 is 31.8 Å². The second kappa shape index (κ2) is 5.20. The number of aliphatic hydroxyl groups is 1. The Bertz CT molecular complexity index is 1010. The highest BCUT2D eigenvalue weighted by Gasteiger charge is 2.75. The van der Waals surface area contributed by atoms with Crippen molar-refractivity contribution in [2.45, 2.75) is 36.7 Å². The monoisotopic (exact) mass is 381 g/mol. The lowest BCUT2D eigenvalue weighted by Gasteiger charge is -2.34. The van der Waals surface area contributed by atoms with Crippen LogP contribution in [0, 0.1) is 17.1 Å². The Balaban J connectivity index is 1.89. The van der Waals surface area contributed by atoms with Gasteiger partial charge in [-0.15, -0.1) is 0 Å². The summed E-state index contributed by atoms with van der Waals surface area (Å²) < 4.78 is 77.4. The Labute approximate surface area is 150 Å². The fourth-order valence-electron chi connectivity index (χ4n) is 3.92. The number of hydrogen-bond acceptors (Lipinski definition) is 3. The van der Waals surface area contributed by atoms with E-state index in [2.05, 4.69) is 0 Å². The van der Waals surface area contributed by atoms with Crippen LogP contribution in [0.1, 0.15) is 41.8 Å². The molecule has 2 aromatic carbocycles. The van der Waals surface area contributed by atoms with Crippen LogP contribution in [-0.2, 0) is 11.5 Å². The summed E-state index contributed by atoms with van der Waals surface area (Å²) in [6.07, 6.45) is -2.83. The van der Waals surface area contributed by atoms with E-state index in [9.17, 15) is 27.1 Å². The van der Waals surface area contributed by atoms with Gasteiger partial charge in [0.05, 0.1) is 11.6 Å². The molecule has 140 valence electrons. The van der Waals surface area contributed by atoms with E-state index in [0.29, 0.717) is 6.92 Å². The van der Waals surface area contributed by atoms with Gasteiger partial charge in [-0.3, -0.25) is 0 Å². The first-order valence-electron chi connectivity index (χ1n) is 8.02. The molecule has 4 rings (SSSR count). The summed E-state index contributed by atoms with van der Waals surface area (Å²) in [6.45, 7) is 0.543. The van der Waals surface area contributed by atoms with E-state index in [4.69, 9.17) is 10.00 Å². The third-order valence-electron chi connectivity index (χ3n) is 5.34. The van der Waals surface area contributed by atoms with E-state index in [1.54, 1.807) is 6.07 Å². The lowest BCUT2D eigenvalue weighted by Crippen LogP contribution is -2.49. The van der Waals surface area contributed by atoms with Crippen LogP contribution < -0.4 is 4.74 Å². The van der Waals surface area contributed by atoms with Crippen molar-refractivity contribution in [3.63, 3.8) is 0 Å². The van der Waals surface area contributed by atoms with Crippen LogP contribution >= 0.6 is 0 Å². The summed E-state index contributed by atoms with van der Waals surface area (Å²) in [5, 5.41) is 19.5. The van der Waals surface area contributed by atoms with Crippen LogP contribution in [0.25, 0.3) is 0 Å². The van der Waals surface area contributed by atoms with E-state index in [-0.39, 0.29) is 22.6 Å². The quantitative estimate of drug-likeness (QED) is 0.751. The van der Waals surface area contributed by atoms with Gasteiger partial charge in [-0.2, -0.15) is 14.0 Å². The second-order valence-electron chi connectivity index (χ2n) is 6.90. The molecule has 0 saturated carbocycles. The summed E-state index contributed by atoms with van der Waals surface area (Å²) in [7, 11) is 0. The van der Waals surface area contributed by atoms with Gasteiger partial charge in [-0.1, -0.05) is 0 Å². The standard InChI is InChI=1S/C19H12F5NO2/c1-17(22)18(26)7-13(21)15-14(3-2-12(16(15)18)19(17,23)24)27-11-5-9(8-25)4-10(20)6-11/h2-6,13,26H,7H2,1H3/t13-,17?,18+/m0/s1. The first-order valence-corrected chi connectivity index (χ1v) is 8.02. The number of nitriles is 1. The molecular formula is C19H12F5NO2. The van der Waals surface area contributed by atoms with Crippen molar-refractivity contribution in [3.05, 3.63) is 58.4 Å². The molecule has 2 aliphatic carbocycles. The van der Waals surface area contributed by atoms with Crippen LogP contribution in [0.5, 0.6) is 11.5 Å². The Hall–Kier alpha value is -2.66. The molecule has 3 atom stereocenters. The SMILES string of the molecule is CC1(F)C(F)(F)c2ccc(Oc3cc(F)cc(C#N)c3)c3c2[C@]1(O)C[C@@H]3F. The van der Waals surface area contributed by atoms with Gasteiger partial charge in [-0.05, 0) is 31.2 Å². The maximum atomic E-state index is 14.9. The number of alkyl halides is 4. The predicted molar refractivity (Wildman–Crippen MR) is 83.4 cm³/mol. The number of halogens is 5. The van der Waals surface area contributed by atoms with Gasteiger partial charge in [0.2, 0.25) is 5.67 Å². The zero-order valence-corrected chi connectivity index (χ0v) is 13.9. The highest BCUT2D eigenvalue weighted by molar-refractivity contribution is 5.61. The van der Waals surface area contributed by atoms with Crippen LogP contribution in [0.15, 0.2) is 30.3 Å². The third kappa shape index (κ3) is 2.09. The van der Waals surface area contributed by atoms with Crippen molar-refractivity contribution in [2.75, 3.05) is 0 Å². The molecule has 0 amide bonds. The maximum Gasteiger partial charge on any atom is 0.309 e. The fourth-order valence-corrected chi connectivity index (χ4v) is 3.92. The first kappa shape index (κ1) is 17.7. The molecule has 0 aromatic heterocycles. The lowest BCUT2D eigenvalue weighted by atomic mass is 9.85. The van der Waals surface area contributed by atoms with Crippen LogP contribution in [-0.4, -0.2) is 10.8 Å². The van der Waals surface area contributed by atoms with Gasteiger partial charge in [-0.25, -0.2) is 13.2 Å². The molecule has 8 heteroatoms. The molecule has 3 nitrogen and oxygen atoms in total. The maximum absolute atomic E-state index is 14.9. The second-order valence-corrected chi connectivity index (χ2v) is 6.90. The molecular weight excluding hydrogens is 369 g/mol. The largest absolute Gasteiger partial charge is 0.457 e. The Kier molecular flexibility index (Phi) is 3.41. The zero-order chi connectivity index (χ0) is 19.8. The minimum Gasteiger partial charge on any atom is -0.457 e. The molecule has 2 aliphatic rings. The molecule has 1 unspecified atom stereocenters. The lowest BCUT2D eigenvalue weighted by molar-refractivity contribution is -0.213. The van der Waals surface area contributed by atoms with Crippen molar-refractivity contribution >= 4 is 0 Å². The van der Waals surface area contributed by atoms with Gasteiger partial charge in [0.25, 0.3) is 0 Å². The summed E-state index contributed by atoms with van der Waals surface area (Å²) in [6, 6.07) is 6.70. The minimum atomic E-state index is -4.02. The zero-order valence-electron chi connectivity index (χ0n) is 13.9. The number of nitrogens with zero attached hydrogens (tertiary/aromatic N) is 1. The molecule has 0 saturated heterocycles. The molecule has 0 radical (unpaired) electrons. The van der Waals surface area contributed by atoms with Crippen molar-refractivity contribution in [2.24, 2.45) is 0 Å². The molecule has 0 heterocycles. The van der Waals surface area contributed by atoms with E-state index in [1.165, 1.54) is 6.07 Å². The van der Waals surface area contributed by atoms with Crippen LogP contribution in [0.3, 0.4) is 0 Å². The molecule has 0 spiro atoms. The molecule has 1 N–H and O–H groups in total. The first-order chi connectivity index (χ1) is 12.5. The summed E-state index contributed by atoms with van der Waals surface area (Å²) in [5.74, 6) is -5.20. The number of benzene rings is 2. The Morgan fingerprint density at radius 3 is 2.59 bits per heavy atom. The van der Waals surface area contributed by atoms with Crippen molar-refractivity contribution in [1.29, 1.82) is 5.26 Å². The van der Waals surface area contributed by atoms with Crippen LogP contribution in [0.2, 0.25) is 0 Å². The van der Waals surface area contributed by atoms with Crippen molar-refractivity contribution in [1.82, 2.24) is 0 Å². The van der Waals surface area contributed by atoms with Gasteiger partial charge < -0.3 is 9.84 Å². The molecule has 27 heavy (non-hydrogen) atoms. The minimum absolute atomic E-state index is 0.0567. The third-order valence-corrected chi connectivity index (χ3v) is 5.34.